The second-order valence-electron chi connectivity index (χ2n) is 5.18. The molecule has 1 aromatic carbocycles. The molecule has 3 aromatic rings. The second-order valence-corrected chi connectivity index (χ2v) is 5.18. The Labute approximate surface area is 132 Å². The van der Waals surface area contributed by atoms with Gasteiger partial charge in [0.05, 0.1) is 23.9 Å². The van der Waals surface area contributed by atoms with Crippen molar-refractivity contribution in [3.8, 4) is 17.2 Å². The molecular formula is C17H14FN5. The topological polar surface area (TPSA) is 80.5 Å². The van der Waals surface area contributed by atoms with Gasteiger partial charge in [-0.3, -0.25) is 0 Å². The van der Waals surface area contributed by atoms with Crippen LogP contribution in [0.25, 0.3) is 11.1 Å². The van der Waals surface area contributed by atoms with Gasteiger partial charge in [-0.2, -0.15) is 14.8 Å². The molecule has 6 heteroatoms. The van der Waals surface area contributed by atoms with Crippen LogP contribution in [0.3, 0.4) is 0 Å². The molecule has 5 nitrogen and oxygen atoms in total. The van der Waals surface area contributed by atoms with Crippen LogP contribution in [0.2, 0.25) is 0 Å². The first-order chi connectivity index (χ1) is 11.1. The first kappa shape index (κ1) is 14.7. The number of halogens is 1. The van der Waals surface area contributed by atoms with Gasteiger partial charge in [-0.05, 0) is 42.3 Å². The standard InChI is InChI=1S/C17H14FN5/c1-11-16(14-4-2-12(9-19)3-5-14)17(20)23(22-11)10-13-6-7-21-15(18)8-13/h2-8H,10,20H2,1H3. The van der Waals surface area contributed by atoms with Crippen LogP contribution in [0.4, 0.5) is 10.2 Å². The van der Waals surface area contributed by atoms with Gasteiger partial charge in [0.1, 0.15) is 5.82 Å². The molecule has 0 radical (unpaired) electrons. The maximum atomic E-state index is 13.2. The quantitative estimate of drug-likeness (QED) is 0.754. The highest BCUT2D eigenvalue weighted by Gasteiger charge is 2.14. The van der Waals surface area contributed by atoms with Crippen molar-refractivity contribution in [3.63, 3.8) is 0 Å². The molecule has 0 saturated carbocycles. The summed E-state index contributed by atoms with van der Waals surface area (Å²) in [5.41, 5.74) is 10.0. The van der Waals surface area contributed by atoms with E-state index in [0.717, 1.165) is 22.4 Å². The van der Waals surface area contributed by atoms with E-state index in [1.807, 2.05) is 19.1 Å². The number of anilines is 1. The van der Waals surface area contributed by atoms with Gasteiger partial charge in [0.2, 0.25) is 5.95 Å². The van der Waals surface area contributed by atoms with Crippen LogP contribution in [0.15, 0.2) is 42.6 Å². The maximum Gasteiger partial charge on any atom is 0.213 e. The molecule has 0 aliphatic rings. The van der Waals surface area contributed by atoms with E-state index in [-0.39, 0.29) is 0 Å². The first-order valence-electron chi connectivity index (χ1n) is 7.02. The Morgan fingerprint density at radius 3 is 2.65 bits per heavy atom. The van der Waals surface area contributed by atoms with Crippen molar-refractivity contribution in [3.05, 3.63) is 65.4 Å². The molecule has 0 aliphatic carbocycles. The number of rotatable bonds is 3. The zero-order valence-corrected chi connectivity index (χ0v) is 12.5. The lowest BCUT2D eigenvalue weighted by Gasteiger charge is -2.06. The van der Waals surface area contributed by atoms with Crippen LogP contribution in [0, 0.1) is 24.2 Å². The van der Waals surface area contributed by atoms with Crippen molar-refractivity contribution >= 4 is 5.82 Å². The molecule has 0 saturated heterocycles. The lowest BCUT2D eigenvalue weighted by atomic mass is 10.0. The first-order valence-corrected chi connectivity index (χ1v) is 7.02. The largest absolute Gasteiger partial charge is 0.383 e. The molecule has 0 fully saturated rings. The molecular weight excluding hydrogens is 293 g/mol. The molecule has 3 rings (SSSR count). The minimum Gasteiger partial charge on any atom is -0.383 e. The van der Waals surface area contributed by atoms with E-state index in [4.69, 9.17) is 11.0 Å². The zero-order valence-electron chi connectivity index (χ0n) is 12.5. The number of benzene rings is 1. The number of pyridine rings is 1. The minimum absolute atomic E-state index is 0.363. The Hall–Kier alpha value is -3.20. The second kappa shape index (κ2) is 5.89. The summed E-state index contributed by atoms with van der Waals surface area (Å²) in [4.78, 5) is 3.54. The Morgan fingerprint density at radius 1 is 1.26 bits per heavy atom. The van der Waals surface area contributed by atoms with Gasteiger partial charge in [0.15, 0.2) is 0 Å². The normalized spacial score (nSPS) is 10.5. The fourth-order valence-corrected chi connectivity index (χ4v) is 2.50. The third kappa shape index (κ3) is 2.90. The van der Waals surface area contributed by atoms with Crippen molar-refractivity contribution in [1.29, 1.82) is 5.26 Å². The molecule has 0 bridgehead atoms. The van der Waals surface area contributed by atoms with Crippen LogP contribution in [-0.4, -0.2) is 14.8 Å². The summed E-state index contributed by atoms with van der Waals surface area (Å²) in [6, 6.07) is 12.3. The SMILES string of the molecule is Cc1nn(Cc2ccnc(F)c2)c(N)c1-c1ccc(C#N)cc1. The Morgan fingerprint density at radius 2 is 2.00 bits per heavy atom. The molecule has 0 spiro atoms. The van der Waals surface area contributed by atoms with E-state index in [1.54, 1.807) is 22.9 Å². The average Bonchev–Trinajstić information content (AvgIpc) is 2.81. The Kier molecular flexibility index (Phi) is 3.77. The summed E-state index contributed by atoms with van der Waals surface area (Å²) >= 11 is 0. The fraction of sp³-hybridized carbons (Fsp3) is 0.118. The number of nitrogens with two attached hydrogens (primary N) is 1. The van der Waals surface area contributed by atoms with E-state index < -0.39 is 5.95 Å². The average molecular weight is 307 g/mol. The molecule has 0 amide bonds. The molecule has 2 heterocycles. The molecule has 0 unspecified atom stereocenters. The monoisotopic (exact) mass is 307 g/mol. The minimum atomic E-state index is -0.530. The van der Waals surface area contributed by atoms with E-state index in [0.29, 0.717) is 17.9 Å². The lowest BCUT2D eigenvalue weighted by Crippen LogP contribution is -2.06. The van der Waals surface area contributed by atoms with Crippen molar-refractivity contribution in [2.24, 2.45) is 0 Å². The number of nitrogen functional groups attached to an aromatic ring is 1. The van der Waals surface area contributed by atoms with Crippen molar-refractivity contribution < 1.29 is 4.39 Å². The maximum absolute atomic E-state index is 13.2. The van der Waals surface area contributed by atoms with E-state index >= 15 is 0 Å². The predicted molar refractivity (Wildman–Crippen MR) is 84.8 cm³/mol. The van der Waals surface area contributed by atoms with Crippen LogP contribution < -0.4 is 5.73 Å². The van der Waals surface area contributed by atoms with Crippen LogP contribution in [0.5, 0.6) is 0 Å². The number of nitrogens with zero attached hydrogens (tertiary/aromatic N) is 4. The summed E-state index contributed by atoms with van der Waals surface area (Å²) in [6.45, 7) is 2.23. The van der Waals surface area contributed by atoms with Crippen molar-refractivity contribution in [1.82, 2.24) is 14.8 Å². The molecule has 2 N–H and O–H groups in total. The molecule has 0 atom stereocenters. The third-order valence-corrected chi connectivity index (χ3v) is 3.59. The van der Waals surface area contributed by atoms with Gasteiger partial charge < -0.3 is 5.73 Å². The van der Waals surface area contributed by atoms with E-state index in [1.165, 1.54) is 12.3 Å². The van der Waals surface area contributed by atoms with Gasteiger partial charge in [0.25, 0.3) is 0 Å². The zero-order chi connectivity index (χ0) is 16.4. The highest BCUT2D eigenvalue weighted by atomic mass is 19.1. The predicted octanol–water partition coefficient (Wildman–Crippen LogP) is 2.89. The lowest BCUT2D eigenvalue weighted by molar-refractivity contribution is 0.577. The molecule has 114 valence electrons. The van der Waals surface area contributed by atoms with Gasteiger partial charge in [0, 0.05) is 11.8 Å². The fourth-order valence-electron chi connectivity index (χ4n) is 2.50. The summed E-state index contributed by atoms with van der Waals surface area (Å²) in [5.74, 6) is -0.0262. The third-order valence-electron chi connectivity index (χ3n) is 3.59. The summed E-state index contributed by atoms with van der Waals surface area (Å²) in [6.07, 6.45) is 1.42. The summed E-state index contributed by atoms with van der Waals surface area (Å²) < 4.78 is 14.8. The summed E-state index contributed by atoms with van der Waals surface area (Å²) in [7, 11) is 0. The van der Waals surface area contributed by atoms with Crippen molar-refractivity contribution in [2.75, 3.05) is 5.73 Å². The van der Waals surface area contributed by atoms with Crippen LogP contribution in [-0.2, 0) is 6.54 Å². The number of nitriles is 1. The number of aromatic nitrogens is 3. The summed E-state index contributed by atoms with van der Waals surface area (Å²) in [5, 5.41) is 13.3. The van der Waals surface area contributed by atoms with E-state index in [2.05, 4.69) is 16.2 Å². The number of hydrogen-bond donors (Lipinski definition) is 1. The van der Waals surface area contributed by atoms with Gasteiger partial charge in [-0.1, -0.05) is 12.1 Å². The Balaban J connectivity index is 1.97. The number of aryl methyl sites for hydroxylation is 1. The number of hydrogen-bond acceptors (Lipinski definition) is 4. The van der Waals surface area contributed by atoms with Crippen LogP contribution >= 0.6 is 0 Å². The van der Waals surface area contributed by atoms with Crippen molar-refractivity contribution in [2.45, 2.75) is 13.5 Å². The van der Waals surface area contributed by atoms with Gasteiger partial charge in [-0.25, -0.2) is 9.67 Å². The molecule has 23 heavy (non-hydrogen) atoms. The van der Waals surface area contributed by atoms with Gasteiger partial charge in [-0.15, -0.1) is 0 Å². The highest BCUT2D eigenvalue weighted by Crippen LogP contribution is 2.30. The van der Waals surface area contributed by atoms with E-state index in [9.17, 15) is 4.39 Å². The Bertz CT molecular complexity index is 890. The molecule has 0 aliphatic heterocycles. The highest BCUT2D eigenvalue weighted by molar-refractivity contribution is 5.76. The molecule has 2 aromatic heterocycles. The van der Waals surface area contributed by atoms with Gasteiger partial charge >= 0.3 is 0 Å². The van der Waals surface area contributed by atoms with Crippen LogP contribution in [0.1, 0.15) is 16.8 Å². The smallest absolute Gasteiger partial charge is 0.213 e.